The molecule has 1 aliphatic rings. The highest BCUT2D eigenvalue weighted by atomic mass is 15.3. The van der Waals surface area contributed by atoms with Gasteiger partial charge in [0, 0.05) is 25.2 Å². The number of aryl methyl sites for hydroxylation is 2. The molecule has 1 aromatic rings. The number of aromatic nitrogens is 2. The molecule has 1 aromatic heterocycles. The maximum absolute atomic E-state index is 6.10. The van der Waals surface area contributed by atoms with Crippen molar-refractivity contribution in [1.82, 2.24) is 14.7 Å². The standard InChI is InChI=1S/C15H28N4/c1-4-19-14(10-13(2)17-19)11-18(3)15(12-16)8-6-5-7-9-15/h10H,4-9,11-12,16H2,1-3H3. The van der Waals surface area contributed by atoms with Crippen LogP contribution in [0.5, 0.6) is 0 Å². The Labute approximate surface area is 117 Å². The van der Waals surface area contributed by atoms with Gasteiger partial charge in [-0.25, -0.2) is 0 Å². The molecule has 4 nitrogen and oxygen atoms in total. The van der Waals surface area contributed by atoms with E-state index in [1.54, 1.807) is 0 Å². The fraction of sp³-hybridized carbons (Fsp3) is 0.800. The topological polar surface area (TPSA) is 47.1 Å². The number of likely N-dealkylation sites (N-methyl/N-ethyl adjacent to an activating group) is 1. The number of hydrogen-bond donors (Lipinski definition) is 1. The summed E-state index contributed by atoms with van der Waals surface area (Å²) in [5.41, 5.74) is 8.72. The van der Waals surface area contributed by atoms with E-state index in [2.05, 4.69) is 41.6 Å². The van der Waals surface area contributed by atoms with Crippen molar-refractivity contribution in [3.63, 3.8) is 0 Å². The van der Waals surface area contributed by atoms with Crippen LogP contribution in [0.3, 0.4) is 0 Å². The minimum absolute atomic E-state index is 0.203. The third kappa shape index (κ3) is 3.00. The molecule has 0 bridgehead atoms. The summed E-state index contributed by atoms with van der Waals surface area (Å²) < 4.78 is 2.11. The quantitative estimate of drug-likeness (QED) is 0.887. The highest BCUT2D eigenvalue weighted by Crippen LogP contribution is 2.33. The van der Waals surface area contributed by atoms with Gasteiger partial charge in [-0.1, -0.05) is 19.3 Å². The van der Waals surface area contributed by atoms with Crippen LogP contribution in [0.1, 0.15) is 50.4 Å². The molecule has 0 spiro atoms. The molecule has 1 saturated carbocycles. The van der Waals surface area contributed by atoms with E-state index in [1.165, 1.54) is 37.8 Å². The van der Waals surface area contributed by atoms with Gasteiger partial charge in [0.2, 0.25) is 0 Å². The second-order valence-corrected chi connectivity index (χ2v) is 5.94. The Morgan fingerprint density at radius 1 is 1.37 bits per heavy atom. The van der Waals surface area contributed by atoms with Crippen molar-refractivity contribution in [1.29, 1.82) is 0 Å². The molecule has 0 aromatic carbocycles. The van der Waals surface area contributed by atoms with Gasteiger partial charge >= 0.3 is 0 Å². The van der Waals surface area contributed by atoms with Crippen LogP contribution in [0, 0.1) is 6.92 Å². The number of nitrogens with two attached hydrogens (primary N) is 1. The molecule has 1 fully saturated rings. The second kappa shape index (κ2) is 6.06. The van der Waals surface area contributed by atoms with E-state index in [0.717, 1.165) is 25.3 Å². The molecule has 1 aliphatic carbocycles. The van der Waals surface area contributed by atoms with Gasteiger partial charge in [-0.05, 0) is 39.8 Å². The Bertz CT molecular complexity index is 404. The summed E-state index contributed by atoms with van der Waals surface area (Å²) in [6, 6.07) is 2.20. The summed E-state index contributed by atoms with van der Waals surface area (Å²) in [7, 11) is 2.22. The third-order valence-electron chi connectivity index (χ3n) is 4.66. The monoisotopic (exact) mass is 264 g/mol. The number of hydrogen-bond acceptors (Lipinski definition) is 3. The van der Waals surface area contributed by atoms with Crippen molar-refractivity contribution in [3.05, 3.63) is 17.5 Å². The Kier molecular flexibility index (Phi) is 4.63. The summed E-state index contributed by atoms with van der Waals surface area (Å²) in [4.78, 5) is 2.47. The molecule has 0 aliphatic heterocycles. The molecule has 0 atom stereocenters. The SMILES string of the molecule is CCn1nc(C)cc1CN(C)C1(CN)CCCCC1. The molecule has 0 unspecified atom stereocenters. The third-order valence-corrected chi connectivity index (χ3v) is 4.66. The van der Waals surface area contributed by atoms with Crippen LogP contribution < -0.4 is 5.73 Å². The molecular formula is C15H28N4. The van der Waals surface area contributed by atoms with Gasteiger partial charge in [-0.15, -0.1) is 0 Å². The maximum atomic E-state index is 6.10. The van der Waals surface area contributed by atoms with Crippen molar-refractivity contribution < 1.29 is 0 Å². The van der Waals surface area contributed by atoms with Crippen molar-refractivity contribution in [2.24, 2.45) is 5.73 Å². The van der Waals surface area contributed by atoms with E-state index in [-0.39, 0.29) is 5.54 Å². The normalized spacial score (nSPS) is 19.0. The van der Waals surface area contributed by atoms with Crippen LogP contribution in [0.2, 0.25) is 0 Å². The van der Waals surface area contributed by atoms with E-state index in [9.17, 15) is 0 Å². The van der Waals surface area contributed by atoms with Gasteiger partial charge in [-0.2, -0.15) is 5.10 Å². The lowest BCUT2D eigenvalue weighted by atomic mass is 9.80. The van der Waals surface area contributed by atoms with Gasteiger partial charge in [0.1, 0.15) is 0 Å². The van der Waals surface area contributed by atoms with Crippen molar-refractivity contribution >= 4 is 0 Å². The molecule has 2 N–H and O–H groups in total. The van der Waals surface area contributed by atoms with Crippen molar-refractivity contribution in [3.8, 4) is 0 Å². The summed E-state index contributed by atoms with van der Waals surface area (Å²) in [6.07, 6.45) is 6.46. The first-order valence-corrected chi connectivity index (χ1v) is 7.56. The first-order valence-electron chi connectivity index (χ1n) is 7.56. The molecule has 19 heavy (non-hydrogen) atoms. The van der Waals surface area contributed by atoms with Crippen LogP contribution in [-0.2, 0) is 13.1 Å². The average molecular weight is 264 g/mol. The van der Waals surface area contributed by atoms with Gasteiger partial charge in [0.25, 0.3) is 0 Å². The lowest BCUT2D eigenvalue weighted by molar-refractivity contribution is 0.0734. The first kappa shape index (κ1) is 14.5. The zero-order chi connectivity index (χ0) is 13.9. The van der Waals surface area contributed by atoms with Crippen LogP contribution >= 0.6 is 0 Å². The molecule has 0 amide bonds. The lowest BCUT2D eigenvalue weighted by Crippen LogP contribution is -2.53. The minimum atomic E-state index is 0.203. The molecule has 0 saturated heterocycles. The van der Waals surface area contributed by atoms with Gasteiger partial charge in [-0.3, -0.25) is 9.58 Å². The lowest BCUT2D eigenvalue weighted by Gasteiger charge is -2.44. The molecule has 4 heteroatoms. The summed E-state index contributed by atoms with van der Waals surface area (Å²) in [5, 5.41) is 4.53. The Morgan fingerprint density at radius 3 is 2.63 bits per heavy atom. The van der Waals surface area contributed by atoms with Gasteiger partial charge in [0.05, 0.1) is 11.4 Å². The summed E-state index contributed by atoms with van der Waals surface area (Å²) in [6.45, 7) is 6.87. The van der Waals surface area contributed by atoms with Crippen LogP contribution in [0.25, 0.3) is 0 Å². The fourth-order valence-corrected chi connectivity index (χ4v) is 3.36. The maximum Gasteiger partial charge on any atom is 0.0597 e. The molecule has 0 radical (unpaired) electrons. The molecular weight excluding hydrogens is 236 g/mol. The number of nitrogens with zero attached hydrogens (tertiary/aromatic N) is 3. The Hall–Kier alpha value is -0.870. The highest BCUT2D eigenvalue weighted by molar-refractivity contribution is 5.10. The zero-order valence-corrected chi connectivity index (χ0v) is 12.7. The van der Waals surface area contributed by atoms with E-state index < -0.39 is 0 Å². The molecule has 2 rings (SSSR count). The van der Waals surface area contributed by atoms with Crippen molar-refractivity contribution in [2.45, 2.75) is 64.6 Å². The molecule has 108 valence electrons. The highest BCUT2D eigenvalue weighted by Gasteiger charge is 2.34. The van der Waals surface area contributed by atoms with Crippen LogP contribution in [0.15, 0.2) is 6.07 Å². The van der Waals surface area contributed by atoms with E-state index in [1.807, 2.05) is 0 Å². The average Bonchev–Trinajstić information content (AvgIpc) is 2.79. The van der Waals surface area contributed by atoms with E-state index in [0.29, 0.717) is 0 Å². The smallest absolute Gasteiger partial charge is 0.0597 e. The number of rotatable bonds is 5. The minimum Gasteiger partial charge on any atom is -0.329 e. The molecule has 1 heterocycles. The predicted molar refractivity (Wildman–Crippen MR) is 79.0 cm³/mol. The van der Waals surface area contributed by atoms with E-state index in [4.69, 9.17) is 5.73 Å². The van der Waals surface area contributed by atoms with E-state index >= 15 is 0 Å². The van der Waals surface area contributed by atoms with Crippen LogP contribution in [0.4, 0.5) is 0 Å². The Balaban J connectivity index is 2.12. The summed E-state index contributed by atoms with van der Waals surface area (Å²) in [5.74, 6) is 0. The Morgan fingerprint density at radius 2 is 2.05 bits per heavy atom. The second-order valence-electron chi connectivity index (χ2n) is 5.94. The summed E-state index contributed by atoms with van der Waals surface area (Å²) >= 11 is 0. The van der Waals surface area contributed by atoms with Crippen molar-refractivity contribution in [2.75, 3.05) is 13.6 Å². The predicted octanol–water partition coefficient (Wildman–Crippen LogP) is 2.30. The first-order chi connectivity index (χ1) is 9.11. The van der Waals surface area contributed by atoms with Gasteiger partial charge in [0.15, 0.2) is 0 Å². The zero-order valence-electron chi connectivity index (χ0n) is 12.7. The van der Waals surface area contributed by atoms with Crippen LogP contribution in [-0.4, -0.2) is 33.8 Å². The largest absolute Gasteiger partial charge is 0.329 e. The van der Waals surface area contributed by atoms with Gasteiger partial charge < -0.3 is 5.73 Å². The fourth-order valence-electron chi connectivity index (χ4n) is 3.36.